The number of aromatic nitrogens is 2. The molecular weight excluding hydrogens is 312 g/mol. The number of nitrogens with one attached hydrogen (secondary N) is 1. The Hall–Kier alpha value is -1.88. The molecular formula is C20H28N4O. The number of allylic oxidation sites excluding steroid dienone is 2. The van der Waals surface area contributed by atoms with Crippen LogP contribution >= 0.6 is 0 Å². The summed E-state index contributed by atoms with van der Waals surface area (Å²) in [5.74, 6) is 1.12. The topological polar surface area (TPSA) is 50.2 Å². The number of carbonyl (C=O) groups is 1. The second-order valence-electron chi connectivity index (χ2n) is 7.46. The lowest BCUT2D eigenvalue weighted by molar-refractivity contribution is 0.100. The van der Waals surface area contributed by atoms with Crippen LogP contribution < -0.4 is 5.32 Å². The third-order valence-electron chi connectivity index (χ3n) is 5.74. The Balaban J connectivity index is 1.49. The molecule has 1 aromatic rings. The Kier molecular flexibility index (Phi) is 4.75. The van der Waals surface area contributed by atoms with E-state index in [2.05, 4.69) is 31.9 Å². The third-order valence-corrected chi connectivity index (χ3v) is 5.74. The Labute approximate surface area is 149 Å². The second kappa shape index (κ2) is 7.16. The van der Waals surface area contributed by atoms with Crippen molar-refractivity contribution < 1.29 is 4.79 Å². The van der Waals surface area contributed by atoms with E-state index in [1.54, 1.807) is 18.7 Å². The van der Waals surface area contributed by atoms with Gasteiger partial charge in [0.1, 0.15) is 11.5 Å². The van der Waals surface area contributed by atoms with E-state index in [0.717, 1.165) is 37.6 Å². The summed E-state index contributed by atoms with van der Waals surface area (Å²) in [7, 11) is 0. The Morgan fingerprint density at radius 3 is 2.92 bits per heavy atom. The lowest BCUT2D eigenvalue weighted by atomic mass is 9.89. The van der Waals surface area contributed by atoms with Gasteiger partial charge in [-0.1, -0.05) is 6.08 Å². The lowest BCUT2D eigenvalue weighted by Crippen LogP contribution is -2.35. The fraction of sp³-hybridized carbons (Fsp3) is 0.600. The van der Waals surface area contributed by atoms with Crippen LogP contribution in [0.2, 0.25) is 0 Å². The van der Waals surface area contributed by atoms with Crippen molar-refractivity contribution >= 4 is 5.78 Å². The molecule has 1 aliphatic carbocycles. The summed E-state index contributed by atoms with van der Waals surface area (Å²) in [6, 6.07) is 0.655. The fourth-order valence-electron chi connectivity index (χ4n) is 4.11. The van der Waals surface area contributed by atoms with Gasteiger partial charge in [-0.15, -0.1) is 0 Å². The number of fused-ring (bicyclic) bond motifs is 1. The summed E-state index contributed by atoms with van der Waals surface area (Å²) in [6.45, 7) is 5.39. The molecule has 134 valence electrons. The molecule has 5 heteroatoms. The van der Waals surface area contributed by atoms with Crippen LogP contribution in [-0.2, 0) is 13.1 Å². The van der Waals surface area contributed by atoms with E-state index in [1.807, 2.05) is 0 Å². The molecule has 0 radical (unpaired) electrons. The minimum absolute atomic E-state index is 0.105. The van der Waals surface area contributed by atoms with E-state index < -0.39 is 0 Å². The van der Waals surface area contributed by atoms with E-state index in [1.165, 1.54) is 44.3 Å². The van der Waals surface area contributed by atoms with Crippen LogP contribution in [0.15, 0.2) is 29.6 Å². The second-order valence-corrected chi connectivity index (χ2v) is 7.46. The standard InChI is InChI=1S/C20H28N4O/c1-15(25)19-13-22-20-14-23(11-12-24(19)20)18(16-5-2-6-16)9-3-7-17-8-4-10-21-17/h3,9,13,17,21H,2,4-8,10-12,14H2,1H3/b9-3+. The van der Waals surface area contributed by atoms with Crippen molar-refractivity contribution in [3.8, 4) is 0 Å². The first-order valence-corrected chi connectivity index (χ1v) is 9.64. The van der Waals surface area contributed by atoms with Gasteiger partial charge in [0.2, 0.25) is 0 Å². The molecule has 3 heterocycles. The van der Waals surface area contributed by atoms with Crippen LogP contribution in [0.1, 0.15) is 61.8 Å². The van der Waals surface area contributed by atoms with E-state index >= 15 is 0 Å². The van der Waals surface area contributed by atoms with E-state index in [9.17, 15) is 4.79 Å². The fourth-order valence-corrected chi connectivity index (χ4v) is 4.11. The number of hydrogen-bond donors (Lipinski definition) is 1. The van der Waals surface area contributed by atoms with Crippen LogP contribution in [0.4, 0.5) is 0 Å². The van der Waals surface area contributed by atoms with Gasteiger partial charge in [-0.2, -0.15) is 0 Å². The highest BCUT2D eigenvalue weighted by molar-refractivity contribution is 5.92. The maximum absolute atomic E-state index is 11.7. The Morgan fingerprint density at radius 2 is 2.24 bits per heavy atom. The first-order chi connectivity index (χ1) is 12.2. The Bertz CT molecular complexity index is 703. The predicted octanol–water partition coefficient (Wildman–Crippen LogP) is 3.04. The van der Waals surface area contributed by atoms with Gasteiger partial charge < -0.3 is 14.8 Å². The highest BCUT2D eigenvalue weighted by atomic mass is 16.1. The number of imidazole rings is 1. The van der Waals surface area contributed by atoms with Crippen molar-refractivity contribution in [3.05, 3.63) is 41.1 Å². The van der Waals surface area contributed by atoms with Crippen LogP contribution in [0.25, 0.3) is 0 Å². The molecule has 0 amide bonds. The van der Waals surface area contributed by atoms with Crippen LogP contribution in [0.5, 0.6) is 0 Å². The third kappa shape index (κ3) is 3.43. The van der Waals surface area contributed by atoms with Gasteiger partial charge in [0.25, 0.3) is 0 Å². The quantitative estimate of drug-likeness (QED) is 0.837. The molecule has 1 unspecified atom stereocenters. The monoisotopic (exact) mass is 340 g/mol. The average molecular weight is 340 g/mol. The number of carbonyl (C=O) groups excluding carboxylic acids is 1. The lowest BCUT2D eigenvalue weighted by Gasteiger charge is -2.34. The molecule has 3 aliphatic rings. The van der Waals surface area contributed by atoms with Gasteiger partial charge in [-0.25, -0.2) is 4.98 Å². The first kappa shape index (κ1) is 16.6. The number of nitrogens with zero attached hydrogens (tertiary/aromatic N) is 3. The van der Waals surface area contributed by atoms with Crippen molar-refractivity contribution in [2.24, 2.45) is 0 Å². The summed E-state index contributed by atoms with van der Waals surface area (Å²) in [4.78, 5) is 18.7. The molecule has 1 saturated carbocycles. The molecule has 4 rings (SSSR count). The van der Waals surface area contributed by atoms with E-state index in [4.69, 9.17) is 0 Å². The molecule has 0 spiro atoms. The largest absolute Gasteiger partial charge is 0.362 e. The minimum Gasteiger partial charge on any atom is -0.362 e. The molecule has 1 saturated heterocycles. The van der Waals surface area contributed by atoms with Crippen molar-refractivity contribution in [1.82, 2.24) is 19.8 Å². The number of ketones is 1. The van der Waals surface area contributed by atoms with Crippen molar-refractivity contribution in [1.29, 1.82) is 0 Å². The normalized spacial score (nSPS) is 23.0. The summed E-state index contributed by atoms with van der Waals surface area (Å²) in [6.07, 6.45) is 13.9. The molecule has 0 aromatic carbocycles. The molecule has 25 heavy (non-hydrogen) atoms. The van der Waals surface area contributed by atoms with Crippen LogP contribution in [0, 0.1) is 0 Å². The minimum atomic E-state index is 0.105. The van der Waals surface area contributed by atoms with E-state index in [0.29, 0.717) is 6.04 Å². The molecule has 0 bridgehead atoms. The van der Waals surface area contributed by atoms with E-state index in [-0.39, 0.29) is 5.78 Å². The van der Waals surface area contributed by atoms with Crippen LogP contribution in [0.3, 0.4) is 0 Å². The molecule has 1 atom stereocenters. The molecule has 1 aromatic heterocycles. The molecule has 5 nitrogen and oxygen atoms in total. The smallest absolute Gasteiger partial charge is 0.177 e. The zero-order valence-corrected chi connectivity index (χ0v) is 15.1. The SMILES string of the molecule is CC(=O)c1cnc2n1CCN(C(/C=C/CC1CCCN1)=C1CCC1)C2. The van der Waals surface area contributed by atoms with Gasteiger partial charge in [-0.3, -0.25) is 4.79 Å². The maximum atomic E-state index is 11.7. The summed E-state index contributed by atoms with van der Waals surface area (Å²) in [5, 5.41) is 3.57. The van der Waals surface area contributed by atoms with Gasteiger partial charge in [0.15, 0.2) is 5.78 Å². The highest BCUT2D eigenvalue weighted by Gasteiger charge is 2.25. The Morgan fingerprint density at radius 1 is 1.36 bits per heavy atom. The average Bonchev–Trinajstić information content (AvgIpc) is 3.20. The number of rotatable bonds is 5. The zero-order chi connectivity index (χ0) is 17.2. The van der Waals surface area contributed by atoms with Crippen molar-refractivity contribution in [2.75, 3.05) is 13.1 Å². The summed E-state index contributed by atoms with van der Waals surface area (Å²) >= 11 is 0. The van der Waals surface area contributed by atoms with Gasteiger partial charge in [-0.05, 0) is 56.7 Å². The molecule has 2 fully saturated rings. The van der Waals surface area contributed by atoms with Crippen molar-refractivity contribution in [2.45, 2.75) is 64.6 Å². The first-order valence-electron chi connectivity index (χ1n) is 9.64. The molecule has 1 N–H and O–H groups in total. The molecule has 2 aliphatic heterocycles. The maximum Gasteiger partial charge on any atom is 0.177 e. The summed E-state index contributed by atoms with van der Waals surface area (Å²) in [5.41, 5.74) is 3.74. The zero-order valence-electron chi connectivity index (χ0n) is 15.1. The van der Waals surface area contributed by atoms with Gasteiger partial charge in [0, 0.05) is 31.8 Å². The predicted molar refractivity (Wildman–Crippen MR) is 98.3 cm³/mol. The van der Waals surface area contributed by atoms with Gasteiger partial charge >= 0.3 is 0 Å². The van der Waals surface area contributed by atoms with Gasteiger partial charge in [0.05, 0.1) is 12.7 Å². The number of hydrogen-bond acceptors (Lipinski definition) is 4. The van der Waals surface area contributed by atoms with Crippen LogP contribution in [-0.4, -0.2) is 39.4 Å². The summed E-state index contributed by atoms with van der Waals surface area (Å²) < 4.78 is 2.09. The highest BCUT2D eigenvalue weighted by Crippen LogP contribution is 2.32. The number of Topliss-reactive ketones (excluding diaryl/α,β-unsaturated/α-hetero) is 1. The van der Waals surface area contributed by atoms with Crippen molar-refractivity contribution in [3.63, 3.8) is 0 Å².